The predicted octanol–water partition coefficient (Wildman–Crippen LogP) is 3.66. The highest BCUT2D eigenvalue weighted by molar-refractivity contribution is 5.98. The molecular weight excluding hydrogens is 290 g/mol. The molecule has 3 rings (SSSR count). The van der Waals surface area contributed by atoms with Crippen molar-refractivity contribution < 1.29 is 9.47 Å². The summed E-state index contributed by atoms with van der Waals surface area (Å²) in [5, 5.41) is 1.85. The number of hydrogen-bond acceptors (Lipinski definition) is 3. The monoisotopic (exact) mass is 309 g/mol. The second kappa shape index (κ2) is 6.26. The van der Waals surface area contributed by atoms with E-state index < -0.39 is 0 Å². The first-order valence-electron chi connectivity index (χ1n) is 7.43. The highest BCUT2D eigenvalue weighted by Crippen LogP contribution is 2.35. The molecule has 0 saturated carbocycles. The molecular formula is C19H19NO3. The average molecular weight is 309 g/mol. The first-order chi connectivity index (χ1) is 11.2. The van der Waals surface area contributed by atoms with Crippen LogP contribution in [-0.4, -0.2) is 19.2 Å². The Bertz CT molecular complexity index is 898. The molecule has 1 heterocycles. The molecule has 3 aromatic rings. The Labute approximate surface area is 134 Å². The standard InChI is InChI=1S/C19H19NO3/c1-12-15(11-22-2)18-14(9-16(12)23-3)10-17(21)20-19(18)13-7-5-4-6-8-13/h4-10H,11H2,1-3H3,(H,20,21). The number of fused-ring (bicyclic) bond motifs is 1. The largest absolute Gasteiger partial charge is 0.496 e. The fourth-order valence-corrected chi connectivity index (χ4v) is 2.96. The first kappa shape index (κ1) is 15.3. The van der Waals surface area contributed by atoms with Crippen molar-refractivity contribution in [3.63, 3.8) is 0 Å². The summed E-state index contributed by atoms with van der Waals surface area (Å²) in [7, 11) is 3.30. The Morgan fingerprint density at radius 2 is 1.83 bits per heavy atom. The van der Waals surface area contributed by atoms with E-state index in [-0.39, 0.29) is 5.56 Å². The topological polar surface area (TPSA) is 51.3 Å². The molecule has 2 aromatic carbocycles. The minimum absolute atomic E-state index is 0.134. The van der Waals surface area contributed by atoms with Gasteiger partial charge in [-0.05, 0) is 35.1 Å². The molecule has 0 atom stereocenters. The molecule has 1 N–H and O–H groups in total. The predicted molar refractivity (Wildman–Crippen MR) is 92.0 cm³/mol. The van der Waals surface area contributed by atoms with Crippen molar-refractivity contribution in [2.45, 2.75) is 13.5 Å². The summed E-state index contributed by atoms with van der Waals surface area (Å²) in [6, 6.07) is 13.4. The Kier molecular flexibility index (Phi) is 4.17. The van der Waals surface area contributed by atoms with Crippen molar-refractivity contribution in [1.82, 2.24) is 4.98 Å². The molecule has 0 amide bonds. The van der Waals surface area contributed by atoms with Gasteiger partial charge >= 0.3 is 0 Å². The summed E-state index contributed by atoms with van der Waals surface area (Å²) >= 11 is 0. The van der Waals surface area contributed by atoms with E-state index in [0.29, 0.717) is 6.61 Å². The maximum absolute atomic E-state index is 12.1. The molecule has 4 heteroatoms. The molecule has 23 heavy (non-hydrogen) atoms. The Balaban J connectivity index is 2.45. The van der Waals surface area contributed by atoms with Gasteiger partial charge in [0.15, 0.2) is 0 Å². The lowest BCUT2D eigenvalue weighted by molar-refractivity contribution is 0.185. The molecule has 0 aliphatic carbocycles. The van der Waals surface area contributed by atoms with Crippen LogP contribution in [0.25, 0.3) is 22.0 Å². The molecule has 118 valence electrons. The van der Waals surface area contributed by atoms with Gasteiger partial charge < -0.3 is 14.5 Å². The molecule has 0 saturated heterocycles. The third kappa shape index (κ3) is 2.73. The summed E-state index contributed by atoms with van der Waals surface area (Å²) in [6.07, 6.45) is 0. The summed E-state index contributed by atoms with van der Waals surface area (Å²) in [6.45, 7) is 2.46. The highest BCUT2D eigenvalue weighted by atomic mass is 16.5. The maximum atomic E-state index is 12.1. The number of pyridine rings is 1. The normalized spacial score (nSPS) is 10.9. The average Bonchev–Trinajstić information content (AvgIpc) is 2.57. The van der Waals surface area contributed by atoms with Crippen LogP contribution in [0.4, 0.5) is 0 Å². The molecule has 0 bridgehead atoms. The third-order valence-corrected chi connectivity index (χ3v) is 4.06. The van der Waals surface area contributed by atoms with Crippen molar-refractivity contribution in [1.29, 1.82) is 0 Å². The number of nitrogens with one attached hydrogen (secondary N) is 1. The van der Waals surface area contributed by atoms with Gasteiger partial charge in [-0.25, -0.2) is 0 Å². The van der Waals surface area contributed by atoms with E-state index in [4.69, 9.17) is 9.47 Å². The van der Waals surface area contributed by atoms with Crippen molar-refractivity contribution in [3.05, 3.63) is 63.9 Å². The number of H-pyrrole nitrogens is 1. The fourth-order valence-electron chi connectivity index (χ4n) is 2.96. The van der Waals surface area contributed by atoms with Crippen LogP contribution in [0.5, 0.6) is 5.75 Å². The Morgan fingerprint density at radius 3 is 2.48 bits per heavy atom. The number of rotatable bonds is 4. The number of benzene rings is 2. The number of hydrogen-bond donors (Lipinski definition) is 1. The van der Waals surface area contributed by atoms with Crippen LogP contribution < -0.4 is 10.3 Å². The van der Waals surface area contributed by atoms with E-state index in [9.17, 15) is 4.79 Å². The molecule has 0 fully saturated rings. The van der Waals surface area contributed by atoms with Crippen molar-refractivity contribution in [3.8, 4) is 17.0 Å². The second-order valence-electron chi connectivity index (χ2n) is 5.45. The van der Waals surface area contributed by atoms with Crippen LogP contribution in [-0.2, 0) is 11.3 Å². The van der Waals surface area contributed by atoms with E-state index >= 15 is 0 Å². The maximum Gasteiger partial charge on any atom is 0.249 e. The summed E-state index contributed by atoms with van der Waals surface area (Å²) < 4.78 is 10.8. The van der Waals surface area contributed by atoms with Gasteiger partial charge in [0.05, 0.1) is 19.4 Å². The fraction of sp³-hybridized carbons (Fsp3) is 0.211. The Hall–Kier alpha value is -2.59. The van der Waals surface area contributed by atoms with Gasteiger partial charge in [-0.15, -0.1) is 0 Å². The zero-order valence-electron chi connectivity index (χ0n) is 13.5. The van der Waals surface area contributed by atoms with E-state index in [0.717, 1.165) is 38.9 Å². The van der Waals surface area contributed by atoms with Gasteiger partial charge in [0.25, 0.3) is 0 Å². The minimum atomic E-state index is -0.134. The van der Waals surface area contributed by atoms with Crippen LogP contribution in [0.2, 0.25) is 0 Å². The minimum Gasteiger partial charge on any atom is -0.496 e. The summed E-state index contributed by atoms with van der Waals surface area (Å²) in [5.41, 5.74) is 3.69. The first-order valence-corrected chi connectivity index (χ1v) is 7.43. The molecule has 0 spiro atoms. The van der Waals surface area contributed by atoms with Crippen LogP contribution in [0, 0.1) is 6.92 Å². The van der Waals surface area contributed by atoms with Crippen molar-refractivity contribution >= 4 is 10.8 Å². The van der Waals surface area contributed by atoms with Crippen LogP contribution in [0.1, 0.15) is 11.1 Å². The molecule has 0 unspecified atom stereocenters. The number of ether oxygens (including phenoxy) is 2. The lowest BCUT2D eigenvalue weighted by atomic mass is 9.95. The van der Waals surface area contributed by atoms with Crippen LogP contribution >= 0.6 is 0 Å². The number of aromatic nitrogens is 1. The number of aromatic amines is 1. The molecule has 0 aliphatic rings. The zero-order chi connectivity index (χ0) is 16.4. The lowest BCUT2D eigenvalue weighted by Gasteiger charge is -2.16. The summed E-state index contributed by atoms with van der Waals surface area (Å²) in [4.78, 5) is 15.1. The van der Waals surface area contributed by atoms with E-state index in [1.54, 1.807) is 20.3 Å². The van der Waals surface area contributed by atoms with E-state index in [1.165, 1.54) is 0 Å². The highest BCUT2D eigenvalue weighted by Gasteiger charge is 2.16. The molecule has 0 aliphatic heterocycles. The van der Waals surface area contributed by atoms with Gasteiger partial charge in [0.1, 0.15) is 5.75 Å². The van der Waals surface area contributed by atoms with Gasteiger partial charge in [0.2, 0.25) is 5.56 Å². The van der Waals surface area contributed by atoms with Gasteiger partial charge in [-0.3, -0.25) is 4.79 Å². The Morgan fingerprint density at radius 1 is 1.09 bits per heavy atom. The van der Waals surface area contributed by atoms with E-state index in [1.807, 2.05) is 43.3 Å². The second-order valence-corrected chi connectivity index (χ2v) is 5.45. The molecule has 4 nitrogen and oxygen atoms in total. The summed E-state index contributed by atoms with van der Waals surface area (Å²) in [5.74, 6) is 0.758. The van der Waals surface area contributed by atoms with Gasteiger partial charge in [-0.1, -0.05) is 30.3 Å². The third-order valence-electron chi connectivity index (χ3n) is 4.06. The molecule has 1 aromatic heterocycles. The smallest absolute Gasteiger partial charge is 0.249 e. The van der Waals surface area contributed by atoms with Gasteiger partial charge in [0, 0.05) is 18.6 Å². The molecule has 0 radical (unpaired) electrons. The van der Waals surface area contributed by atoms with Crippen molar-refractivity contribution in [2.75, 3.05) is 14.2 Å². The van der Waals surface area contributed by atoms with E-state index in [2.05, 4.69) is 4.98 Å². The van der Waals surface area contributed by atoms with Crippen molar-refractivity contribution in [2.24, 2.45) is 0 Å². The van der Waals surface area contributed by atoms with Gasteiger partial charge in [-0.2, -0.15) is 0 Å². The van der Waals surface area contributed by atoms with Crippen LogP contribution in [0.3, 0.4) is 0 Å². The lowest BCUT2D eigenvalue weighted by Crippen LogP contribution is -2.08. The zero-order valence-corrected chi connectivity index (χ0v) is 13.5. The van der Waals surface area contributed by atoms with Crippen LogP contribution in [0.15, 0.2) is 47.3 Å². The number of methoxy groups -OCH3 is 2. The SMILES string of the molecule is COCc1c(C)c(OC)cc2cc(=O)[nH]c(-c3ccccc3)c12. The quantitative estimate of drug-likeness (QED) is 0.800.